The Balaban J connectivity index is 2.53. The van der Waals surface area contributed by atoms with E-state index in [1.54, 1.807) is 18.2 Å². The van der Waals surface area contributed by atoms with Crippen molar-refractivity contribution in [2.24, 2.45) is 0 Å². The molecule has 17 heavy (non-hydrogen) atoms. The summed E-state index contributed by atoms with van der Waals surface area (Å²) in [4.78, 5) is 22.2. The number of hydrogen-bond donors (Lipinski definition) is 1. The van der Waals surface area contributed by atoms with Crippen LogP contribution in [-0.4, -0.2) is 15.8 Å². The van der Waals surface area contributed by atoms with Gasteiger partial charge in [0.25, 0.3) is 0 Å². The van der Waals surface area contributed by atoms with Gasteiger partial charge in [-0.1, -0.05) is 12.1 Å². The molecule has 2 rings (SSSR count). The highest BCUT2D eigenvalue weighted by Crippen LogP contribution is 2.17. The number of nitrogens with zero attached hydrogens (tertiary/aromatic N) is 1. The van der Waals surface area contributed by atoms with Crippen molar-refractivity contribution < 1.29 is 14.4 Å². The molecule has 0 fully saturated rings. The minimum Gasteiger partial charge on any atom is -0.481 e. The van der Waals surface area contributed by atoms with E-state index in [4.69, 9.17) is 9.63 Å². The van der Waals surface area contributed by atoms with Gasteiger partial charge in [-0.3, -0.25) is 4.79 Å². The van der Waals surface area contributed by atoms with Gasteiger partial charge in [0, 0.05) is 6.42 Å². The van der Waals surface area contributed by atoms with Crippen molar-refractivity contribution in [2.45, 2.75) is 26.3 Å². The lowest BCUT2D eigenvalue weighted by atomic mass is 10.1. The molecule has 1 aromatic heterocycles. The molecule has 0 saturated carbocycles. The molecule has 0 spiro atoms. The second-order valence-corrected chi connectivity index (χ2v) is 3.78. The molecule has 1 N–H and O–H groups in total. The van der Waals surface area contributed by atoms with Gasteiger partial charge < -0.3 is 9.63 Å². The summed E-state index contributed by atoms with van der Waals surface area (Å²) >= 11 is 0. The Labute approximate surface area is 97.2 Å². The molecule has 5 heteroatoms. The van der Waals surface area contributed by atoms with Crippen molar-refractivity contribution in [1.82, 2.24) is 4.74 Å². The average Bonchev–Trinajstić information content (AvgIpc) is 2.64. The van der Waals surface area contributed by atoms with E-state index in [0.717, 1.165) is 11.1 Å². The normalized spacial score (nSPS) is 10.9. The number of benzene rings is 1. The fourth-order valence-corrected chi connectivity index (χ4v) is 1.91. The Morgan fingerprint density at radius 2 is 2.24 bits per heavy atom. The summed E-state index contributed by atoms with van der Waals surface area (Å²) in [5, 5.41) is 9.16. The zero-order valence-electron chi connectivity index (χ0n) is 9.47. The SMILES string of the molecule is CCn1oc(=O)c2c(CCC(=O)O)cccc21. The number of fused-ring (bicyclic) bond motifs is 1. The summed E-state index contributed by atoms with van der Waals surface area (Å²) in [6.45, 7) is 2.45. The molecule has 0 saturated heterocycles. The maximum Gasteiger partial charge on any atom is 0.365 e. The second-order valence-electron chi connectivity index (χ2n) is 3.78. The van der Waals surface area contributed by atoms with E-state index in [1.165, 1.54) is 4.74 Å². The van der Waals surface area contributed by atoms with Crippen molar-refractivity contribution in [3.8, 4) is 0 Å². The summed E-state index contributed by atoms with van der Waals surface area (Å²) in [7, 11) is 0. The third-order valence-corrected chi connectivity index (χ3v) is 2.69. The molecule has 90 valence electrons. The molecular formula is C12H13NO4. The first-order valence-electron chi connectivity index (χ1n) is 5.47. The zero-order chi connectivity index (χ0) is 12.4. The molecule has 0 unspecified atom stereocenters. The van der Waals surface area contributed by atoms with Crippen molar-refractivity contribution in [3.05, 3.63) is 34.2 Å². The minimum atomic E-state index is -0.874. The summed E-state index contributed by atoms with van der Waals surface area (Å²) < 4.78 is 6.59. The van der Waals surface area contributed by atoms with Crippen LogP contribution < -0.4 is 5.63 Å². The number of aryl methyl sites for hydroxylation is 2. The Kier molecular flexibility index (Phi) is 2.99. The number of hydrogen-bond acceptors (Lipinski definition) is 3. The first kappa shape index (κ1) is 11.4. The van der Waals surface area contributed by atoms with Gasteiger partial charge in [0.1, 0.15) is 0 Å². The first-order chi connectivity index (χ1) is 8.13. The van der Waals surface area contributed by atoms with E-state index in [9.17, 15) is 9.59 Å². The van der Waals surface area contributed by atoms with E-state index in [1.807, 2.05) is 6.92 Å². The Bertz CT molecular complexity index is 608. The predicted octanol–water partition coefficient (Wildman–Crippen LogP) is 1.63. The van der Waals surface area contributed by atoms with Crippen molar-refractivity contribution in [3.63, 3.8) is 0 Å². The third kappa shape index (κ3) is 2.08. The van der Waals surface area contributed by atoms with Crippen LogP contribution in [0.4, 0.5) is 0 Å². The fraction of sp³-hybridized carbons (Fsp3) is 0.333. The van der Waals surface area contributed by atoms with Crippen molar-refractivity contribution >= 4 is 16.9 Å². The number of aromatic nitrogens is 1. The summed E-state index contributed by atoms with van der Waals surface area (Å²) in [5.41, 5.74) is 1.05. The van der Waals surface area contributed by atoms with Crippen LogP contribution in [0.1, 0.15) is 18.9 Å². The highest BCUT2D eigenvalue weighted by molar-refractivity contribution is 5.82. The van der Waals surface area contributed by atoms with E-state index < -0.39 is 11.6 Å². The lowest BCUT2D eigenvalue weighted by Gasteiger charge is -2.00. The van der Waals surface area contributed by atoms with Gasteiger partial charge in [0.15, 0.2) is 0 Å². The van der Waals surface area contributed by atoms with Gasteiger partial charge in [-0.2, -0.15) is 0 Å². The molecule has 0 aliphatic heterocycles. The number of rotatable bonds is 4. The van der Waals surface area contributed by atoms with Crippen LogP contribution >= 0.6 is 0 Å². The summed E-state index contributed by atoms with van der Waals surface area (Å²) in [6, 6.07) is 5.37. The van der Waals surface area contributed by atoms with E-state index in [0.29, 0.717) is 18.4 Å². The van der Waals surface area contributed by atoms with Gasteiger partial charge in [-0.25, -0.2) is 9.53 Å². The van der Waals surface area contributed by atoms with Crippen LogP contribution in [0.15, 0.2) is 27.5 Å². The Morgan fingerprint density at radius 3 is 2.88 bits per heavy atom. The first-order valence-corrected chi connectivity index (χ1v) is 5.47. The molecule has 5 nitrogen and oxygen atoms in total. The van der Waals surface area contributed by atoms with E-state index in [-0.39, 0.29) is 6.42 Å². The Hall–Kier alpha value is -2.04. The largest absolute Gasteiger partial charge is 0.481 e. The number of carboxylic acid groups (broad SMARTS) is 1. The van der Waals surface area contributed by atoms with Crippen LogP contribution in [0.2, 0.25) is 0 Å². The number of carboxylic acids is 1. The van der Waals surface area contributed by atoms with E-state index in [2.05, 4.69) is 0 Å². The third-order valence-electron chi connectivity index (χ3n) is 2.69. The monoisotopic (exact) mass is 235 g/mol. The Morgan fingerprint density at radius 1 is 1.47 bits per heavy atom. The van der Waals surface area contributed by atoms with Crippen molar-refractivity contribution in [2.75, 3.05) is 0 Å². The molecule has 1 aromatic carbocycles. The fourth-order valence-electron chi connectivity index (χ4n) is 1.91. The molecule has 2 aromatic rings. The van der Waals surface area contributed by atoms with Crippen LogP contribution in [0, 0.1) is 0 Å². The van der Waals surface area contributed by atoms with Gasteiger partial charge in [0.05, 0.1) is 17.4 Å². The molecule has 0 bridgehead atoms. The van der Waals surface area contributed by atoms with Gasteiger partial charge >= 0.3 is 11.6 Å². The maximum absolute atomic E-state index is 11.7. The maximum atomic E-state index is 11.7. The summed E-state index contributed by atoms with van der Waals surface area (Å²) in [6.07, 6.45) is 0.348. The molecule has 0 atom stereocenters. The minimum absolute atomic E-state index is 0.00978. The molecule has 0 radical (unpaired) electrons. The quantitative estimate of drug-likeness (QED) is 0.874. The standard InChI is InChI=1S/C12H13NO4/c1-2-13-9-5-3-4-8(6-7-10(14)15)11(9)12(16)17-13/h3-5H,2,6-7H2,1H3,(H,14,15). The molecular weight excluding hydrogens is 222 g/mol. The lowest BCUT2D eigenvalue weighted by Crippen LogP contribution is -2.01. The van der Waals surface area contributed by atoms with E-state index >= 15 is 0 Å². The summed E-state index contributed by atoms with van der Waals surface area (Å²) in [5.74, 6) is -0.874. The molecule has 1 heterocycles. The van der Waals surface area contributed by atoms with Crippen LogP contribution in [0.25, 0.3) is 10.9 Å². The smallest absolute Gasteiger partial charge is 0.365 e. The number of aliphatic carboxylic acids is 1. The zero-order valence-corrected chi connectivity index (χ0v) is 9.47. The predicted molar refractivity (Wildman–Crippen MR) is 62.1 cm³/mol. The van der Waals surface area contributed by atoms with Crippen LogP contribution in [-0.2, 0) is 17.8 Å². The molecule has 0 aliphatic carbocycles. The topological polar surface area (TPSA) is 72.4 Å². The molecule has 0 amide bonds. The highest BCUT2D eigenvalue weighted by Gasteiger charge is 2.12. The van der Waals surface area contributed by atoms with Crippen LogP contribution in [0.5, 0.6) is 0 Å². The van der Waals surface area contributed by atoms with Crippen molar-refractivity contribution in [1.29, 1.82) is 0 Å². The molecule has 0 aliphatic rings. The highest BCUT2D eigenvalue weighted by atomic mass is 16.5. The van der Waals surface area contributed by atoms with Gasteiger partial charge in [0.2, 0.25) is 0 Å². The second kappa shape index (κ2) is 4.45. The van der Waals surface area contributed by atoms with Crippen LogP contribution in [0.3, 0.4) is 0 Å². The average molecular weight is 235 g/mol. The van der Waals surface area contributed by atoms with Gasteiger partial charge in [-0.15, -0.1) is 0 Å². The number of carbonyl (C=O) groups is 1. The lowest BCUT2D eigenvalue weighted by molar-refractivity contribution is -0.136. The van der Waals surface area contributed by atoms with Gasteiger partial charge in [-0.05, 0) is 25.0 Å².